The van der Waals surface area contributed by atoms with Crippen molar-refractivity contribution < 1.29 is 23.9 Å². The second-order valence-corrected chi connectivity index (χ2v) is 8.31. The maximum atomic E-state index is 12.7. The molecule has 2 atom stereocenters. The van der Waals surface area contributed by atoms with Crippen molar-refractivity contribution in [1.29, 1.82) is 0 Å². The Morgan fingerprint density at radius 3 is 2.89 bits per heavy atom. The second-order valence-electron chi connectivity index (χ2n) is 6.47. The summed E-state index contributed by atoms with van der Waals surface area (Å²) in [6.07, 6.45) is 1.88. The smallest absolute Gasteiger partial charge is 0.340 e. The average Bonchev–Trinajstić information content (AvgIpc) is 3.27. The fraction of sp³-hybridized carbons (Fsp3) is 0.474. The number of hydrogen-bond donors (Lipinski definition) is 1. The molecule has 150 valence electrons. The predicted molar refractivity (Wildman–Crippen MR) is 110 cm³/mol. The molecule has 7 nitrogen and oxygen atoms in total. The first-order chi connectivity index (χ1) is 13.5. The van der Waals surface area contributed by atoms with Crippen LogP contribution in [0.5, 0.6) is 0 Å². The Morgan fingerprint density at radius 2 is 2.18 bits per heavy atom. The molecular formula is C19H22N2O5S2. The van der Waals surface area contributed by atoms with Gasteiger partial charge >= 0.3 is 5.97 Å². The highest BCUT2D eigenvalue weighted by Gasteiger charge is 2.39. The Bertz CT molecular complexity index is 779. The van der Waals surface area contributed by atoms with E-state index < -0.39 is 11.2 Å². The minimum Gasteiger partial charge on any atom is -0.462 e. The number of esters is 1. The van der Waals surface area contributed by atoms with Crippen molar-refractivity contribution in [2.24, 2.45) is 0 Å². The number of benzene rings is 1. The van der Waals surface area contributed by atoms with E-state index in [0.29, 0.717) is 23.2 Å². The molecule has 2 saturated heterocycles. The molecule has 2 heterocycles. The molecule has 0 aliphatic carbocycles. The summed E-state index contributed by atoms with van der Waals surface area (Å²) in [4.78, 5) is 38.7. The molecule has 0 bridgehead atoms. The lowest BCUT2D eigenvalue weighted by atomic mass is 10.1. The van der Waals surface area contributed by atoms with E-state index in [4.69, 9.17) is 21.7 Å². The van der Waals surface area contributed by atoms with E-state index in [9.17, 15) is 14.4 Å². The van der Waals surface area contributed by atoms with E-state index in [0.717, 1.165) is 12.8 Å². The molecule has 0 aromatic heterocycles. The Kier molecular flexibility index (Phi) is 7.03. The summed E-state index contributed by atoms with van der Waals surface area (Å²) in [5.74, 6) is -1.03. The van der Waals surface area contributed by atoms with Gasteiger partial charge in [-0.05, 0) is 31.9 Å². The van der Waals surface area contributed by atoms with Crippen LogP contribution in [0.2, 0.25) is 0 Å². The highest BCUT2D eigenvalue weighted by atomic mass is 32.2. The van der Waals surface area contributed by atoms with Crippen LogP contribution in [0.3, 0.4) is 0 Å². The van der Waals surface area contributed by atoms with Gasteiger partial charge in [-0.1, -0.05) is 36.1 Å². The van der Waals surface area contributed by atoms with Crippen molar-refractivity contribution in [3.63, 3.8) is 0 Å². The van der Waals surface area contributed by atoms with Crippen LogP contribution < -0.4 is 5.32 Å². The third kappa shape index (κ3) is 4.89. The number of carbonyl (C=O) groups is 3. The summed E-state index contributed by atoms with van der Waals surface area (Å²) in [7, 11) is 0. The topological polar surface area (TPSA) is 84.9 Å². The Morgan fingerprint density at radius 1 is 1.39 bits per heavy atom. The molecule has 3 rings (SSSR count). The third-order valence-electron chi connectivity index (χ3n) is 4.48. The minimum absolute atomic E-state index is 0.00605. The van der Waals surface area contributed by atoms with Crippen LogP contribution in [0.1, 0.15) is 36.5 Å². The minimum atomic E-state index is -0.566. The van der Waals surface area contributed by atoms with Crippen molar-refractivity contribution in [2.75, 3.05) is 25.1 Å². The van der Waals surface area contributed by atoms with Gasteiger partial charge in [0.2, 0.25) is 11.8 Å². The third-order valence-corrected chi connectivity index (χ3v) is 6.07. The Balaban J connectivity index is 1.60. The molecule has 2 aliphatic heterocycles. The van der Waals surface area contributed by atoms with Gasteiger partial charge in [0.05, 0.1) is 35.8 Å². The standard InChI is InChI=1S/C19H22N2O5S2/c1-2-25-18(24)13-7-3-4-8-14(13)20-16(22)10-15-17(23)21(19(27)28-15)11-12-6-5-9-26-12/h3-4,7-8,12,15H,2,5-6,9-11H2,1H3,(H,20,22)/t12-,15-/m0/s1. The molecule has 9 heteroatoms. The van der Waals surface area contributed by atoms with Crippen LogP contribution in [-0.2, 0) is 19.1 Å². The van der Waals surface area contributed by atoms with E-state index in [1.807, 2.05) is 0 Å². The van der Waals surface area contributed by atoms with Crippen LogP contribution >= 0.6 is 24.0 Å². The van der Waals surface area contributed by atoms with Crippen molar-refractivity contribution in [3.05, 3.63) is 29.8 Å². The second kappa shape index (κ2) is 9.49. The van der Waals surface area contributed by atoms with Crippen LogP contribution in [-0.4, -0.2) is 58.1 Å². The zero-order chi connectivity index (χ0) is 20.1. The first-order valence-electron chi connectivity index (χ1n) is 9.19. The highest BCUT2D eigenvalue weighted by Crippen LogP contribution is 2.31. The largest absolute Gasteiger partial charge is 0.462 e. The summed E-state index contributed by atoms with van der Waals surface area (Å²) in [5.41, 5.74) is 0.638. The van der Waals surface area contributed by atoms with Gasteiger partial charge in [-0.3, -0.25) is 14.5 Å². The first kappa shape index (κ1) is 20.8. The monoisotopic (exact) mass is 422 g/mol. The molecule has 2 aliphatic rings. The van der Waals surface area contributed by atoms with Gasteiger partial charge < -0.3 is 14.8 Å². The number of thiocarbonyl (C=S) groups is 1. The number of ether oxygens (including phenoxy) is 2. The van der Waals surface area contributed by atoms with E-state index in [-0.39, 0.29) is 36.5 Å². The number of hydrogen-bond acceptors (Lipinski definition) is 7. The molecule has 0 unspecified atom stereocenters. The fourth-order valence-electron chi connectivity index (χ4n) is 3.13. The SMILES string of the molecule is CCOC(=O)c1ccccc1NC(=O)C[C@@H]1SC(=S)N(C[C@@H]2CCCO2)C1=O. The molecule has 0 radical (unpaired) electrons. The van der Waals surface area contributed by atoms with Crippen molar-refractivity contribution in [1.82, 2.24) is 4.90 Å². The van der Waals surface area contributed by atoms with Crippen molar-refractivity contribution in [2.45, 2.75) is 37.5 Å². The molecule has 2 amide bonds. The summed E-state index contributed by atoms with van der Waals surface area (Å²) in [6.45, 7) is 3.10. The molecule has 28 heavy (non-hydrogen) atoms. The number of thioether (sulfide) groups is 1. The van der Waals surface area contributed by atoms with E-state index in [1.165, 1.54) is 11.8 Å². The van der Waals surface area contributed by atoms with E-state index in [2.05, 4.69) is 5.32 Å². The van der Waals surface area contributed by atoms with Crippen molar-refractivity contribution in [3.8, 4) is 0 Å². The molecular weight excluding hydrogens is 400 g/mol. The van der Waals surface area contributed by atoms with Gasteiger partial charge in [-0.25, -0.2) is 4.79 Å². The van der Waals surface area contributed by atoms with E-state index in [1.54, 1.807) is 36.1 Å². The van der Waals surface area contributed by atoms with Crippen LogP contribution in [0.4, 0.5) is 5.69 Å². The summed E-state index contributed by atoms with van der Waals surface area (Å²) in [6, 6.07) is 6.62. The van der Waals surface area contributed by atoms with Gasteiger partial charge in [-0.15, -0.1) is 0 Å². The van der Waals surface area contributed by atoms with Gasteiger partial charge in [0, 0.05) is 13.0 Å². The molecule has 0 spiro atoms. The zero-order valence-electron chi connectivity index (χ0n) is 15.5. The number of para-hydroxylation sites is 1. The zero-order valence-corrected chi connectivity index (χ0v) is 17.1. The lowest BCUT2D eigenvalue weighted by Crippen LogP contribution is -2.38. The number of carbonyl (C=O) groups excluding carboxylic acids is 3. The van der Waals surface area contributed by atoms with Gasteiger partial charge in [0.1, 0.15) is 4.32 Å². The molecule has 2 fully saturated rings. The summed E-state index contributed by atoms with van der Waals surface area (Å²) >= 11 is 6.54. The van der Waals surface area contributed by atoms with Crippen LogP contribution in [0, 0.1) is 0 Å². The van der Waals surface area contributed by atoms with Crippen LogP contribution in [0.25, 0.3) is 0 Å². The Labute approximate surface area is 173 Å². The number of amides is 2. The highest BCUT2D eigenvalue weighted by molar-refractivity contribution is 8.24. The maximum absolute atomic E-state index is 12.7. The average molecular weight is 423 g/mol. The van der Waals surface area contributed by atoms with Crippen LogP contribution in [0.15, 0.2) is 24.3 Å². The Hall–Kier alpha value is -1.97. The number of nitrogens with zero attached hydrogens (tertiary/aromatic N) is 1. The van der Waals surface area contributed by atoms with Crippen molar-refractivity contribution >= 4 is 51.8 Å². The molecule has 0 saturated carbocycles. The lowest BCUT2D eigenvalue weighted by molar-refractivity contribution is -0.129. The van der Waals surface area contributed by atoms with E-state index >= 15 is 0 Å². The number of rotatable bonds is 7. The number of nitrogens with one attached hydrogen (secondary N) is 1. The quantitative estimate of drug-likeness (QED) is 0.534. The predicted octanol–water partition coefficient (Wildman–Crippen LogP) is 2.60. The van der Waals surface area contributed by atoms with Gasteiger partial charge in [-0.2, -0.15) is 0 Å². The molecule has 1 aromatic carbocycles. The van der Waals surface area contributed by atoms with Gasteiger partial charge in [0.15, 0.2) is 0 Å². The number of anilines is 1. The lowest BCUT2D eigenvalue weighted by Gasteiger charge is -2.19. The van der Waals surface area contributed by atoms with Gasteiger partial charge in [0.25, 0.3) is 0 Å². The summed E-state index contributed by atoms with van der Waals surface area (Å²) in [5, 5.41) is 2.14. The maximum Gasteiger partial charge on any atom is 0.340 e. The fourth-order valence-corrected chi connectivity index (χ4v) is 4.64. The normalized spacial score (nSPS) is 21.8. The molecule has 1 aromatic rings. The molecule has 1 N–H and O–H groups in total. The summed E-state index contributed by atoms with van der Waals surface area (Å²) < 4.78 is 11.1. The first-order valence-corrected chi connectivity index (χ1v) is 10.5.